The minimum absolute atomic E-state index is 0.0949. The van der Waals surface area contributed by atoms with Crippen LogP contribution in [0.2, 0.25) is 0 Å². The van der Waals surface area contributed by atoms with Crippen LogP contribution in [-0.4, -0.2) is 14.4 Å². The Kier molecular flexibility index (Phi) is 4.10. The molecule has 0 aromatic carbocycles. The van der Waals surface area contributed by atoms with Crippen LogP contribution < -0.4 is 0 Å². The van der Waals surface area contributed by atoms with Gasteiger partial charge in [-0.05, 0) is 5.92 Å². The van der Waals surface area contributed by atoms with Crippen molar-refractivity contribution in [3.63, 3.8) is 0 Å². The van der Waals surface area contributed by atoms with E-state index in [1.807, 2.05) is 13.8 Å². The summed E-state index contributed by atoms with van der Waals surface area (Å²) in [5.41, 5.74) is 0. The van der Waals surface area contributed by atoms with Crippen molar-refractivity contribution in [3.05, 3.63) is 0 Å². The third-order valence-electron chi connectivity index (χ3n) is 1.54. The highest BCUT2D eigenvalue weighted by molar-refractivity contribution is 7.67. The standard InChI is InChI=1S/C6H12O4S/c1-4(2)5(3)6(7)10-11(8)9/h4-5,11H,1-3H3. The zero-order chi connectivity index (χ0) is 9.02. The van der Waals surface area contributed by atoms with E-state index in [4.69, 9.17) is 0 Å². The Balaban J connectivity index is 4.03. The first-order valence-corrected chi connectivity index (χ1v) is 4.41. The Morgan fingerprint density at radius 2 is 1.73 bits per heavy atom. The number of carbonyl (C=O) groups excluding carboxylic acids is 1. The number of rotatable bonds is 3. The summed E-state index contributed by atoms with van der Waals surface area (Å²) in [5.74, 6) is -0.962. The van der Waals surface area contributed by atoms with Crippen molar-refractivity contribution in [1.82, 2.24) is 0 Å². The van der Waals surface area contributed by atoms with E-state index < -0.39 is 17.0 Å². The van der Waals surface area contributed by atoms with Gasteiger partial charge in [0, 0.05) is 0 Å². The first kappa shape index (κ1) is 10.4. The van der Waals surface area contributed by atoms with Crippen molar-refractivity contribution in [2.45, 2.75) is 20.8 Å². The molecule has 0 spiro atoms. The summed E-state index contributed by atoms with van der Waals surface area (Å²) in [5, 5.41) is 0. The molecule has 1 atom stereocenters. The molecule has 0 aromatic rings. The van der Waals surface area contributed by atoms with Gasteiger partial charge in [0.05, 0.1) is 5.92 Å². The first-order valence-electron chi connectivity index (χ1n) is 3.31. The van der Waals surface area contributed by atoms with E-state index in [0.717, 1.165) is 0 Å². The van der Waals surface area contributed by atoms with Crippen LogP contribution in [0, 0.1) is 11.8 Å². The zero-order valence-corrected chi connectivity index (χ0v) is 7.63. The second kappa shape index (κ2) is 4.33. The van der Waals surface area contributed by atoms with Crippen LogP contribution in [0.15, 0.2) is 0 Å². The van der Waals surface area contributed by atoms with Gasteiger partial charge in [0.15, 0.2) is 0 Å². The zero-order valence-electron chi connectivity index (χ0n) is 6.73. The molecule has 4 nitrogen and oxygen atoms in total. The van der Waals surface area contributed by atoms with E-state index in [1.165, 1.54) is 0 Å². The van der Waals surface area contributed by atoms with Crippen molar-refractivity contribution in [2.24, 2.45) is 11.8 Å². The van der Waals surface area contributed by atoms with Gasteiger partial charge >= 0.3 is 17.0 Å². The van der Waals surface area contributed by atoms with Gasteiger partial charge in [-0.3, -0.25) is 4.79 Å². The average Bonchev–Trinajstić information content (AvgIpc) is 1.84. The molecule has 0 N–H and O–H groups in total. The van der Waals surface area contributed by atoms with Gasteiger partial charge in [-0.1, -0.05) is 20.8 Å². The molecule has 0 aliphatic carbocycles. The third kappa shape index (κ3) is 3.98. The largest absolute Gasteiger partial charge is 0.347 e. The van der Waals surface area contributed by atoms with E-state index in [2.05, 4.69) is 4.18 Å². The fourth-order valence-corrected chi connectivity index (χ4v) is 0.742. The highest BCUT2D eigenvalue weighted by atomic mass is 32.2. The number of thiol groups is 1. The van der Waals surface area contributed by atoms with Gasteiger partial charge < -0.3 is 4.18 Å². The van der Waals surface area contributed by atoms with E-state index in [-0.39, 0.29) is 11.8 Å². The van der Waals surface area contributed by atoms with Crippen LogP contribution in [0.1, 0.15) is 20.8 Å². The number of hydrogen-bond donors (Lipinski definition) is 1. The SMILES string of the molecule is CC(C)C(C)C(=O)O[SH](=O)=O. The summed E-state index contributed by atoms with van der Waals surface area (Å²) >= 11 is 0. The van der Waals surface area contributed by atoms with Crippen LogP contribution in [0.3, 0.4) is 0 Å². The summed E-state index contributed by atoms with van der Waals surface area (Å²) in [7, 11) is -3.05. The third-order valence-corrected chi connectivity index (χ3v) is 1.87. The van der Waals surface area contributed by atoms with Gasteiger partial charge in [0.2, 0.25) is 0 Å². The maximum atomic E-state index is 10.8. The molecule has 0 aliphatic rings. The molecule has 0 aromatic heterocycles. The Morgan fingerprint density at radius 3 is 2.00 bits per heavy atom. The minimum atomic E-state index is -3.05. The average molecular weight is 180 g/mol. The molecule has 0 rings (SSSR count). The van der Waals surface area contributed by atoms with Crippen molar-refractivity contribution < 1.29 is 17.4 Å². The molecule has 0 aliphatic heterocycles. The van der Waals surface area contributed by atoms with Gasteiger partial charge in [-0.15, -0.1) is 0 Å². The normalized spacial score (nSPS) is 13.5. The van der Waals surface area contributed by atoms with Crippen molar-refractivity contribution in [1.29, 1.82) is 0 Å². The monoisotopic (exact) mass is 180 g/mol. The molecule has 0 radical (unpaired) electrons. The molecule has 66 valence electrons. The fraction of sp³-hybridized carbons (Fsp3) is 0.833. The van der Waals surface area contributed by atoms with Crippen LogP contribution in [-0.2, 0) is 20.0 Å². The molecule has 1 unspecified atom stereocenters. The van der Waals surface area contributed by atoms with E-state index in [1.54, 1.807) is 6.92 Å². The molecule has 0 amide bonds. The second-order valence-corrected chi connectivity index (χ2v) is 3.30. The lowest BCUT2D eigenvalue weighted by Gasteiger charge is -2.10. The molecule has 0 heterocycles. The van der Waals surface area contributed by atoms with Crippen LogP contribution in [0.5, 0.6) is 0 Å². The maximum Gasteiger partial charge on any atom is 0.324 e. The van der Waals surface area contributed by atoms with E-state index in [0.29, 0.717) is 0 Å². The quantitative estimate of drug-likeness (QED) is 0.636. The maximum absolute atomic E-state index is 10.8. The molecular formula is C6H12O4S. The Labute approximate surface area is 67.7 Å². The molecule has 0 saturated carbocycles. The summed E-state index contributed by atoms with van der Waals surface area (Å²) < 4.78 is 23.8. The van der Waals surface area contributed by atoms with E-state index >= 15 is 0 Å². The van der Waals surface area contributed by atoms with Gasteiger partial charge in [-0.2, -0.15) is 8.42 Å². The Hall–Kier alpha value is -0.580. The second-order valence-electron chi connectivity index (χ2n) is 2.67. The van der Waals surface area contributed by atoms with Gasteiger partial charge in [0.25, 0.3) is 0 Å². The predicted octanol–water partition coefficient (Wildman–Crippen LogP) is 0.348. The number of carbonyl (C=O) groups is 1. The summed E-state index contributed by atoms with van der Waals surface area (Å²) in [6.45, 7) is 5.28. The molecule has 0 fully saturated rings. The first-order chi connectivity index (χ1) is 4.95. The van der Waals surface area contributed by atoms with Gasteiger partial charge in [-0.25, -0.2) is 0 Å². The van der Waals surface area contributed by atoms with Crippen molar-refractivity contribution >= 4 is 17.0 Å². The smallest absolute Gasteiger partial charge is 0.324 e. The summed E-state index contributed by atoms with van der Waals surface area (Å²) in [4.78, 5) is 10.8. The van der Waals surface area contributed by atoms with Crippen LogP contribution >= 0.6 is 0 Å². The topological polar surface area (TPSA) is 60.4 Å². The lowest BCUT2D eigenvalue weighted by Crippen LogP contribution is -2.18. The highest BCUT2D eigenvalue weighted by Gasteiger charge is 2.18. The van der Waals surface area contributed by atoms with Crippen LogP contribution in [0.25, 0.3) is 0 Å². The van der Waals surface area contributed by atoms with E-state index in [9.17, 15) is 13.2 Å². The predicted molar refractivity (Wildman–Crippen MR) is 40.4 cm³/mol. The Morgan fingerprint density at radius 1 is 1.27 bits per heavy atom. The highest BCUT2D eigenvalue weighted by Crippen LogP contribution is 2.10. The molecule has 5 heteroatoms. The lowest BCUT2D eigenvalue weighted by atomic mass is 9.99. The van der Waals surface area contributed by atoms with Crippen molar-refractivity contribution in [3.8, 4) is 0 Å². The lowest BCUT2D eigenvalue weighted by molar-refractivity contribution is -0.138. The van der Waals surface area contributed by atoms with Crippen LogP contribution in [0.4, 0.5) is 0 Å². The number of hydrogen-bond acceptors (Lipinski definition) is 4. The fourth-order valence-electron chi connectivity index (χ4n) is 0.429. The summed E-state index contributed by atoms with van der Waals surface area (Å²) in [6.07, 6.45) is 0. The molecule has 0 saturated heterocycles. The minimum Gasteiger partial charge on any atom is -0.347 e. The summed E-state index contributed by atoms with van der Waals surface area (Å²) in [6, 6.07) is 0. The van der Waals surface area contributed by atoms with Crippen molar-refractivity contribution in [2.75, 3.05) is 0 Å². The van der Waals surface area contributed by atoms with Gasteiger partial charge in [0.1, 0.15) is 0 Å². The molecular weight excluding hydrogens is 168 g/mol. The Bertz CT molecular complexity index is 199. The molecule has 0 bridgehead atoms. The molecule has 11 heavy (non-hydrogen) atoms.